The van der Waals surface area contributed by atoms with Crippen molar-refractivity contribution < 1.29 is 0 Å². The molecule has 0 amide bonds. The molecule has 0 unspecified atom stereocenters. The van der Waals surface area contributed by atoms with Crippen LogP contribution in [0.5, 0.6) is 0 Å². The second kappa shape index (κ2) is 6.13. The molecule has 0 saturated carbocycles. The van der Waals surface area contributed by atoms with Gasteiger partial charge in [-0.1, -0.05) is 6.92 Å². The summed E-state index contributed by atoms with van der Waals surface area (Å²) in [4.78, 5) is 28.2. The summed E-state index contributed by atoms with van der Waals surface area (Å²) in [5.41, 5.74) is 5.36. The van der Waals surface area contributed by atoms with E-state index in [1.807, 2.05) is 6.92 Å². The SMILES string of the molecule is CCN1CCC(Nc2c(N)n(CC)c(=O)[nH]c2=O)CC1. The third-order valence-corrected chi connectivity index (χ3v) is 3.94. The van der Waals surface area contributed by atoms with Crippen molar-refractivity contribution in [1.29, 1.82) is 0 Å². The van der Waals surface area contributed by atoms with Crippen LogP contribution in [0.3, 0.4) is 0 Å². The van der Waals surface area contributed by atoms with E-state index < -0.39 is 11.2 Å². The van der Waals surface area contributed by atoms with E-state index in [4.69, 9.17) is 5.73 Å². The molecule has 7 heteroatoms. The number of rotatable bonds is 4. The Balaban J connectivity index is 2.18. The number of hydrogen-bond acceptors (Lipinski definition) is 5. The summed E-state index contributed by atoms with van der Waals surface area (Å²) in [7, 11) is 0. The molecule has 2 rings (SSSR count). The molecule has 2 heterocycles. The lowest BCUT2D eigenvalue weighted by Gasteiger charge is -2.32. The molecule has 0 aromatic carbocycles. The second-order valence-corrected chi connectivity index (χ2v) is 5.12. The number of hydrogen-bond donors (Lipinski definition) is 3. The fourth-order valence-electron chi connectivity index (χ4n) is 2.64. The number of likely N-dealkylation sites (tertiary alicyclic amines) is 1. The molecule has 20 heavy (non-hydrogen) atoms. The highest BCUT2D eigenvalue weighted by atomic mass is 16.2. The van der Waals surface area contributed by atoms with Crippen LogP contribution in [0.15, 0.2) is 9.59 Å². The summed E-state index contributed by atoms with van der Waals surface area (Å²) in [5, 5.41) is 3.21. The smallest absolute Gasteiger partial charge is 0.330 e. The van der Waals surface area contributed by atoms with Crippen LogP contribution in [0, 0.1) is 0 Å². The van der Waals surface area contributed by atoms with Crippen LogP contribution in [0.25, 0.3) is 0 Å². The van der Waals surface area contributed by atoms with E-state index >= 15 is 0 Å². The van der Waals surface area contributed by atoms with Crippen molar-refractivity contribution in [3.05, 3.63) is 20.8 Å². The molecule has 1 fully saturated rings. The van der Waals surface area contributed by atoms with Crippen LogP contribution in [-0.4, -0.2) is 40.1 Å². The van der Waals surface area contributed by atoms with Gasteiger partial charge in [-0.05, 0) is 26.3 Å². The number of aromatic amines is 1. The van der Waals surface area contributed by atoms with Crippen molar-refractivity contribution in [2.24, 2.45) is 0 Å². The van der Waals surface area contributed by atoms with Crippen LogP contribution in [0.4, 0.5) is 11.5 Å². The average molecular weight is 281 g/mol. The van der Waals surface area contributed by atoms with Gasteiger partial charge in [-0.2, -0.15) is 0 Å². The molecule has 1 aliphatic heterocycles. The Morgan fingerprint density at radius 2 is 1.90 bits per heavy atom. The van der Waals surface area contributed by atoms with Gasteiger partial charge in [0.25, 0.3) is 5.56 Å². The Bertz CT molecular complexity index is 569. The molecule has 0 radical (unpaired) electrons. The van der Waals surface area contributed by atoms with Gasteiger partial charge in [0.1, 0.15) is 11.5 Å². The van der Waals surface area contributed by atoms with Crippen LogP contribution >= 0.6 is 0 Å². The molecular formula is C13H23N5O2. The lowest BCUT2D eigenvalue weighted by molar-refractivity contribution is 0.229. The summed E-state index contributed by atoms with van der Waals surface area (Å²) in [6.07, 6.45) is 1.94. The normalized spacial score (nSPS) is 17.3. The Hall–Kier alpha value is -1.76. The van der Waals surface area contributed by atoms with E-state index in [9.17, 15) is 9.59 Å². The van der Waals surface area contributed by atoms with E-state index in [2.05, 4.69) is 22.1 Å². The predicted octanol–water partition coefficient (Wildman–Crippen LogP) is 0.0349. The van der Waals surface area contributed by atoms with E-state index in [0.717, 1.165) is 32.5 Å². The number of anilines is 2. The Morgan fingerprint density at radius 3 is 2.45 bits per heavy atom. The molecule has 1 aromatic heterocycles. The van der Waals surface area contributed by atoms with Gasteiger partial charge in [0, 0.05) is 25.7 Å². The maximum Gasteiger partial charge on any atom is 0.330 e. The second-order valence-electron chi connectivity index (χ2n) is 5.12. The summed E-state index contributed by atoms with van der Waals surface area (Å²) < 4.78 is 1.37. The molecule has 0 bridgehead atoms. The molecule has 1 saturated heterocycles. The zero-order valence-electron chi connectivity index (χ0n) is 12.1. The van der Waals surface area contributed by atoms with Crippen molar-refractivity contribution in [2.45, 2.75) is 39.3 Å². The van der Waals surface area contributed by atoms with Crippen molar-refractivity contribution in [3.8, 4) is 0 Å². The van der Waals surface area contributed by atoms with E-state index in [-0.39, 0.29) is 11.9 Å². The molecule has 0 aliphatic carbocycles. The first-order valence-electron chi connectivity index (χ1n) is 7.18. The highest BCUT2D eigenvalue weighted by molar-refractivity contribution is 5.60. The van der Waals surface area contributed by atoms with Gasteiger partial charge in [0.2, 0.25) is 0 Å². The number of H-pyrrole nitrogens is 1. The predicted molar refractivity (Wildman–Crippen MR) is 80.2 cm³/mol. The lowest BCUT2D eigenvalue weighted by atomic mass is 10.0. The van der Waals surface area contributed by atoms with Crippen LogP contribution < -0.4 is 22.3 Å². The standard InChI is InChI=1S/C13H23N5O2/c1-3-17-7-5-9(6-8-17)15-10-11(14)18(4-2)13(20)16-12(10)19/h9,15H,3-8,14H2,1-2H3,(H,16,19,20). The molecule has 1 aliphatic rings. The minimum absolute atomic E-state index is 0.221. The number of nitrogen functional groups attached to an aromatic ring is 1. The van der Waals surface area contributed by atoms with Gasteiger partial charge >= 0.3 is 5.69 Å². The van der Waals surface area contributed by atoms with Gasteiger partial charge in [0.05, 0.1) is 0 Å². The largest absolute Gasteiger partial charge is 0.383 e. The number of piperidine rings is 1. The molecule has 1 aromatic rings. The van der Waals surface area contributed by atoms with E-state index in [1.165, 1.54) is 4.57 Å². The van der Waals surface area contributed by atoms with Gasteiger partial charge in [-0.15, -0.1) is 0 Å². The van der Waals surface area contributed by atoms with Crippen LogP contribution in [0.1, 0.15) is 26.7 Å². The number of nitrogens with two attached hydrogens (primary N) is 1. The van der Waals surface area contributed by atoms with Crippen molar-refractivity contribution in [2.75, 3.05) is 30.7 Å². The summed E-state index contributed by atoms with van der Waals surface area (Å²) in [6.45, 7) is 7.48. The summed E-state index contributed by atoms with van der Waals surface area (Å²) in [6, 6.07) is 0.226. The first-order chi connectivity index (χ1) is 9.56. The zero-order chi connectivity index (χ0) is 14.7. The van der Waals surface area contributed by atoms with Gasteiger partial charge in [0.15, 0.2) is 0 Å². The first-order valence-corrected chi connectivity index (χ1v) is 7.18. The maximum absolute atomic E-state index is 11.9. The van der Waals surface area contributed by atoms with Gasteiger partial charge in [-0.3, -0.25) is 14.3 Å². The van der Waals surface area contributed by atoms with Crippen LogP contribution in [0.2, 0.25) is 0 Å². The third kappa shape index (κ3) is 2.87. The van der Waals surface area contributed by atoms with Crippen molar-refractivity contribution in [3.63, 3.8) is 0 Å². The topological polar surface area (TPSA) is 96.2 Å². The van der Waals surface area contributed by atoms with E-state index in [0.29, 0.717) is 12.2 Å². The number of aromatic nitrogens is 2. The Labute approximate surface area is 117 Å². The summed E-state index contributed by atoms with van der Waals surface area (Å²) >= 11 is 0. The van der Waals surface area contributed by atoms with Gasteiger partial charge < -0.3 is 16.0 Å². The fourth-order valence-corrected chi connectivity index (χ4v) is 2.64. The number of nitrogens with zero attached hydrogens (tertiary/aromatic N) is 2. The lowest BCUT2D eigenvalue weighted by Crippen LogP contribution is -2.41. The Morgan fingerprint density at radius 1 is 1.25 bits per heavy atom. The molecular weight excluding hydrogens is 258 g/mol. The molecule has 7 nitrogen and oxygen atoms in total. The van der Waals surface area contributed by atoms with Gasteiger partial charge in [-0.25, -0.2) is 4.79 Å². The highest BCUT2D eigenvalue weighted by Gasteiger charge is 2.20. The molecule has 112 valence electrons. The quantitative estimate of drug-likeness (QED) is 0.724. The zero-order valence-corrected chi connectivity index (χ0v) is 12.1. The van der Waals surface area contributed by atoms with Crippen molar-refractivity contribution >= 4 is 11.5 Å². The molecule has 0 atom stereocenters. The third-order valence-electron chi connectivity index (χ3n) is 3.94. The average Bonchev–Trinajstić information content (AvgIpc) is 2.44. The maximum atomic E-state index is 11.9. The van der Waals surface area contributed by atoms with Crippen molar-refractivity contribution in [1.82, 2.24) is 14.5 Å². The molecule has 4 N–H and O–H groups in total. The minimum Gasteiger partial charge on any atom is -0.383 e. The number of nitrogens with one attached hydrogen (secondary N) is 2. The molecule has 0 spiro atoms. The monoisotopic (exact) mass is 281 g/mol. The highest BCUT2D eigenvalue weighted by Crippen LogP contribution is 2.17. The summed E-state index contributed by atoms with van der Waals surface area (Å²) in [5.74, 6) is 0.221. The fraction of sp³-hybridized carbons (Fsp3) is 0.692. The van der Waals surface area contributed by atoms with E-state index in [1.54, 1.807) is 0 Å². The Kier molecular flexibility index (Phi) is 4.49. The minimum atomic E-state index is -0.457. The first kappa shape index (κ1) is 14.6. The van der Waals surface area contributed by atoms with Crippen LogP contribution in [-0.2, 0) is 6.54 Å².